The van der Waals surface area contributed by atoms with Crippen LogP contribution in [-0.2, 0) is 4.79 Å². The number of piperazine rings is 1. The normalized spacial score (nSPS) is 17.1. The van der Waals surface area contributed by atoms with Crippen molar-refractivity contribution in [3.63, 3.8) is 0 Å². The Morgan fingerprint density at radius 1 is 1.07 bits per heavy atom. The molecule has 0 atom stereocenters. The molecule has 1 N–H and O–H groups in total. The summed E-state index contributed by atoms with van der Waals surface area (Å²) < 4.78 is 5.17. The second-order valence-electron chi connectivity index (χ2n) is 7.88. The molecular weight excluding hydrogens is 380 g/mol. The first kappa shape index (κ1) is 20.2. The van der Waals surface area contributed by atoms with Crippen molar-refractivity contribution in [1.82, 2.24) is 9.88 Å². The quantitative estimate of drug-likeness (QED) is 0.823. The average molecular weight is 409 g/mol. The fourth-order valence-electron chi connectivity index (χ4n) is 4.20. The van der Waals surface area contributed by atoms with Crippen LogP contribution in [-0.4, -0.2) is 55.0 Å². The van der Waals surface area contributed by atoms with Gasteiger partial charge in [-0.25, -0.2) is 4.98 Å². The van der Waals surface area contributed by atoms with E-state index in [0.29, 0.717) is 22.9 Å². The largest absolute Gasteiger partial charge is 0.497 e. The topological polar surface area (TPSA) is 74.8 Å². The van der Waals surface area contributed by atoms with Crippen molar-refractivity contribution in [2.24, 2.45) is 5.92 Å². The van der Waals surface area contributed by atoms with Crippen LogP contribution in [0.15, 0.2) is 42.6 Å². The standard InChI is InChI=1S/C23H28N4O3/c1-30-20-8-4-7-18(15-20)22(28)25-19-9-10-21(24-16-19)26-11-13-27(14-12-26)23(29)17-5-2-3-6-17/h4,7-10,15-17H,2-3,5-6,11-14H2,1H3,(H,25,28). The summed E-state index contributed by atoms with van der Waals surface area (Å²) in [4.78, 5) is 33.7. The molecule has 1 saturated carbocycles. The number of hydrogen-bond donors (Lipinski definition) is 1. The molecule has 1 aromatic heterocycles. The minimum Gasteiger partial charge on any atom is -0.497 e. The highest BCUT2D eigenvalue weighted by Gasteiger charge is 2.29. The molecule has 0 spiro atoms. The second kappa shape index (κ2) is 9.15. The molecular formula is C23H28N4O3. The summed E-state index contributed by atoms with van der Waals surface area (Å²) in [6.07, 6.45) is 6.12. The lowest BCUT2D eigenvalue weighted by atomic mass is 10.1. The van der Waals surface area contributed by atoms with Gasteiger partial charge in [0.1, 0.15) is 11.6 Å². The summed E-state index contributed by atoms with van der Waals surface area (Å²) in [5.41, 5.74) is 1.17. The van der Waals surface area contributed by atoms with E-state index in [-0.39, 0.29) is 11.8 Å². The van der Waals surface area contributed by atoms with Gasteiger partial charge in [-0.3, -0.25) is 9.59 Å². The van der Waals surface area contributed by atoms with E-state index in [9.17, 15) is 9.59 Å². The SMILES string of the molecule is COc1cccc(C(=O)Nc2ccc(N3CCN(C(=O)C4CCCC4)CC3)nc2)c1. The summed E-state index contributed by atoms with van der Waals surface area (Å²) in [7, 11) is 1.57. The summed E-state index contributed by atoms with van der Waals surface area (Å²) in [5, 5.41) is 2.86. The third-order valence-corrected chi connectivity index (χ3v) is 5.96. The Labute approximate surface area is 177 Å². The first-order chi connectivity index (χ1) is 14.6. The molecule has 0 unspecified atom stereocenters. The van der Waals surface area contributed by atoms with Gasteiger partial charge in [0, 0.05) is 37.7 Å². The van der Waals surface area contributed by atoms with Gasteiger partial charge >= 0.3 is 0 Å². The first-order valence-electron chi connectivity index (χ1n) is 10.6. The molecule has 2 fully saturated rings. The van der Waals surface area contributed by atoms with Gasteiger partial charge in [0.15, 0.2) is 0 Å². The Morgan fingerprint density at radius 2 is 1.83 bits per heavy atom. The van der Waals surface area contributed by atoms with Gasteiger partial charge in [0.05, 0.1) is 19.0 Å². The van der Waals surface area contributed by atoms with Crippen LogP contribution in [0.5, 0.6) is 5.75 Å². The highest BCUT2D eigenvalue weighted by molar-refractivity contribution is 6.04. The Bertz CT molecular complexity index is 886. The highest BCUT2D eigenvalue weighted by Crippen LogP contribution is 2.27. The van der Waals surface area contributed by atoms with Crippen molar-refractivity contribution in [3.8, 4) is 5.75 Å². The molecule has 2 amide bonds. The van der Waals surface area contributed by atoms with Crippen molar-refractivity contribution in [3.05, 3.63) is 48.2 Å². The molecule has 30 heavy (non-hydrogen) atoms. The summed E-state index contributed by atoms with van der Waals surface area (Å²) in [6, 6.07) is 10.8. The van der Waals surface area contributed by atoms with Gasteiger partial charge in [-0.05, 0) is 43.2 Å². The maximum Gasteiger partial charge on any atom is 0.255 e. The molecule has 2 aliphatic rings. The molecule has 0 bridgehead atoms. The number of ether oxygens (including phenoxy) is 1. The minimum atomic E-state index is -0.206. The number of rotatable bonds is 5. The monoisotopic (exact) mass is 408 g/mol. The van der Waals surface area contributed by atoms with Crippen LogP contribution < -0.4 is 15.0 Å². The number of carbonyl (C=O) groups excluding carboxylic acids is 2. The third kappa shape index (κ3) is 4.56. The van der Waals surface area contributed by atoms with Crippen LogP contribution in [0.4, 0.5) is 11.5 Å². The molecule has 4 rings (SSSR count). The number of pyridine rings is 1. The van der Waals surface area contributed by atoms with Crippen molar-refractivity contribution in [2.75, 3.05) is 43.5 Å². The molecule has 1 aliphatic heterocycles. The lowest BCUT2D eigenvalue weighted by molar-refractivity contribution is -0.135. The van der Waals surface area contributed by atoms with E-state index < -0.39 is 0 Å². The Balaban J connectivity index is 1.31. The van der Waals surface area contributed by atoms with Gasteiger partial charge in [0.2, 0.25) is 5.91 Å². The van der Waals surface area contributed by atoms with Crippen LogP contribution in [0, 0.1) is 5.92 Å². The van der Waals surface area contributed by atoms with Crippen molar-refractivity contribution in [1.29, 1.82) is 0 Å². The van der Waals surface area contributed by atoms with Crippen LogP contribution >= 0.6 is 0 Å². The fraction of sp³-hybridized carbons (Fsp3) is 0.435. The number of nitrogens with one attached hydrogen (secondary N) is 1. The third-order valence-electron chi connectivity index (χ3n) is 5.96. The molecule has 7 nitrogen and oxygen atoms in total. The minimum absolute atomic E-state index is 0.206. The predicted molar refractivity (Wildman–Crippen MR) is 116 cm³/mol. The smallest absolute Gasteiger partial charge is 0.255 e. The van der Waals surface area contributed by atoms with E-state index in [1.807, 2.05) is 17.0 Å². The Kier molecular flexibility index (Phi) is 6.16. The first-order valence-corrected chi connectivity index (χ1v) is 10.6. The highest BCUT2D eigenvalue weighted by atomic mass is 16.5. The van der Waals surface area contributed by atoms with Gasteiger partial charge in [0.25, 0.3) is 5.91 Å². The van der Waals surface area contributed by atoms with Crippen molar-refractivity contribution >= 4 is 23.3 Å². The number of methoxy groups -OCH3 is 1. The molecule has 0 radical (unpaired) electrons. The molecule has 2 aromatic rings. The lowest BCUT2D eigenvalue weighted by Gasteiger charge is -2.36. The zero-order valence-corrected chi connectivity index (χ0v) is 17.3. The molecule has 1 aliphatic carbocycles. The van der Waals surface area contributed by atoms with Crippen LogP contribution in [0.1, 0.15) is 36.0 Å². The number of nitrogens with zero attached hydrogens (tertiary/aromatic N) is 3. The fourth-order valence-corrected chi connectivity index (χ4v) is 4.20. The number of aromatic nitrogens is 1. The van der Waals surface area contributed by atoms with E-state index in [2.05, 4.69) is 15.2 Å². The van der Waals surface area contributed by atoms with E-state index in [1.165, 1.54) is 12.8 Å². The number of anilines is 2. The zero-order chi connectivity index (χ0) is 20.9. The van der Waals surface area contributed by atoms with E-state index in [4.69, 9.17) is 4.74 Å². The Hall–Kier alpha value is -3.09. The molecule has 1 aromatic carbocycles. The number of benzene rings is 1. The maximum absolute atomic E-state index is 12.6. The summed E-state index contributed by atoms with van der Waals surface area (Å²) in [6.45, 7) is 3.04. The summed E-state index contributed by atoms with van der Waals surface area (Å²) in [5.74, 6) is 1.87. The molecule has 1 saturated heterocycles. The second-order valence-corrected chi connectivity index (χ2v) is 7.88. The molecule has 7 heteroatoms. The maximum atomic E-state index is 12.6. The lowest BCUT2D eigenvalue weighted by Crippen LogP contribution is -2.50. The average Bonchev–Trinajstić information content (AvgIpc) is 3.34. The molecule has 2 heterocycles. The van der Waals surface area contributed by atoms with Crippen molar-refractivity contribution in [2.45, 2.75) is 25.7 Å². The van der Waals surface area contributed by atoms with Gasteiger partial charge in [-0.1, -0.05) is 18.9 Å². The predicted octanol–water partition coefficient (Wildman–Crippen LogP) is 3.18. The van der Waals surface area contributed by atoms with E-state index >= 15 is 0 Å². The van der Waals surface area contributed by atoms with E-state index in [1.54, 1.807) is 37.6 Å². The van der Waals surface area contributed by atoms with Gasteiger partial charge < -0.3 is 19.9 Å². The number of hydrogen-bond acceptors (Lipinski definition) is 5. The zero-order valence-electron chi connectivity index (χ0n) is 17.3. The number of carbonyl (C=O) groups is 2. The van der Waals surface area contributed by atoms with Gasteiger partial charge in [-0.2, -0.15) is 0 Å². The van der Waals surface area contributed by atoms with Gasteiger partial charge in [-0.15, -0.1) is 0 Å². The van der Waals surface area contributed by atoms with Crippen LogP contribution in [0.2, 0.25) is 0 Å². The van der Waals surface area contributed by atoms with Crippen LogP contribution in [0.25, 0.3) is 0 Å². The van der Waals surface area contributed by atoms with Crippen LogP contribution in [0.3, 0.4) is 0 Å². The summed E-state index contributed by atoms with van der Waals surface area (Å²) >= 11 is 0. The van der Waals surface area contributed by atoms with Crippen molar-refractivity contribution < 1.29 is 14.3 Å². The number of amides is 2. The molecule has 158 valence electrons. The Morgan fingerprint density at radius 3 is 2.50 bits per heavy atom. The van der Waals surface area contributed by atoms with E-state index in [0.717, 1.165) is 44.8 Å².